The predicted octanol–water partition coefficient (Wildman–Crippen LogP) is 2.86. The van der Waals surface area contributed by atoms with Gasteiger partial charge in [-0.2, -0.15) is 0 Å². The lowest BCUT2D eigenvalue weighted by molar-refractivity contribution is -0.120. The molecule has 1 unspecified atom stereocenters. The van der Waals surface area contributed by atoms with Crippen LogP contribution in [-0.2, 0) is 4.79 Å². The van der Waals surface area contributed by atoms with Crippen LogP contribution >= 0.6 is 0 Å². The van der Waals surface area contributed by atoms with Crippen molar-refractivity contribution in [2.24, 2.45) is 17.6 Å². The molecule has 18 heavy (non-hydrogen) atoms. The Morgan fingerprint density at radius 2 is 2.00 bits per heavy atom. The van der Waals surface area contributed by atoms with Crippen molar-refractivity contribution in [2.75, 3.05) is 11.9 Å². The molecular weight excluding hydrogens is 224 g/mol. The Labute approximate surface area is 110 Å². The van der Waals surface area contributed by atoms with E-state index in [1.165, 1.54) is 5.56 Å². The van der Waals surface area contributed by atoms with Crippen LogP contribution in [0.2, 0.25) is 0 Å². The van der Waals surface area contributed by atoms with Crippen LogP contribution in [0.15, 0.2) is 18.2 Å². The minimum atomic E-state index is -0.106. The molecule has 3 N–H and O–H groups in total. The number of carbonyl (C=O) groups excluding carboxylic acids is 1. The Morgan fingerprint density at radius 1 is 1.33 bits per heavy atom. The first-order valence-electron chi connectivity index (χ1n) is 6.52. The summed E-state index contributed by atoms with van der Waals surface area (Å²) in [7, 11) is 0. The van der Waals surface area contributed by atoms with Gasteiger partial charge in [0.15, 0.2) is 0 Å². The summed E-state index contributed by atoms with van der Waals surface area (Å²) >= 11 is 0. The van der Waals surface area contributed by atoms with Crippen molar-refractivity contribution in [2.45, 2.75) is 34.1 Å². The van der Waals surface area contributed by atoms with E-state index in [2.05, 4.69) is 25.2 Å². The third-order valence-electron chi connectivity index (χ3n) is 3.05. The topological polar surface area (TPSA) is 55.1 Å². The van der Waals surface area contributed by atoms with Gasteiger partial charge in [0.25, 0.3) is 0 Å². The monoisotopic (exact) mass is 248 g/mol. The standard InChI is InChI=1S/C15H24N2O/c1-10(2)7-13(9-16)15(18)17-14-6-5-11(3)8-12(14)4/h5-6,8,10,13H,7,9,16H2,1-4H3,(H,17,18). The van der Waals surface area contributed by atoms with Crippen LogP contribution < -0.4 is 11.1 Å². The fraction of sp³-hybridized carbons (Fsp3) is 0.533. The number of aryl methyl sites for hydroxylation is 2. The van der Waals surface area contributed by atoms with Gasteiger partial charge in [0.2, 0.25) is 5.91 Å². The normalized spacial score (nSPS) is 12.6. The molecule has 100 valence electrons. The zero-order valence-electron chi connectivity index (χ0n) is 11.8. The van der Waals surface area contributed by atoms with E-state index in [0.717, 1.165) is 17.7 Å². The van der Waals surface area contributed by atoms with Crippen molar-refractivity contribution in [1.29, 1.82) is 0 Å². The highest BCUT2D eigenvalue weighted by Gasteiger charge is 2.18. The number of nitrogens with two attached hydrogens (primary N) is 1. The van der Waals surface area contributed by atoms with E-state index in [1.807, 2.05) is 26.0 Å². The summed E-state index contributed by atoms with van der Waals surface area (Å²) in [5.74, 6) is 0.396. The lowest BCUT2D eigenvalue weighted by Crippen LogP contribution is -2.30. The van der Waals surface area contributed by atoms with E-state index >= 15 is 0 Å². The fourth-order valence-electron chi connectivity index (χ4n) is 2.07. The molecule has 1 aromatic rings. The molecule has 0 aromatic heterocycles. The largest absolute Gasteiger partial charge is 0.330 e. The molecule has 0 saturated heterocycles. The van der Waals surface area contributed by atoms with Crippen LogP contribution in [0.3, 0.4) is 0 Å². The molecular formula is C15H24N2O. The lowest BCUT2D eigenvalue weighted by Gasteiger charge is -2.17. The number of hydrogen-bond acceptors (Lipinski definition) is 2. The average molecular weight is 248 g/mol. The molecule has 1 atom stereocenters. The van der Waals surface area contributed by atoms with Crippen LogP contribution in [0.4, 0.5) is 5.69 Å². The Hall–Kier alpha value is -1.35. The van der Waals surface area contributed by atoms with Crippen LogP contribution in [0.1, 0.15) is 31.4 Å². The number of amides is 1. The molecule has 0 fully saturated rings. The molecule has 0 heterocycles. The van der Waals surface area contributed by atoms with Gasteiger partial charge in [-0.05, 0) is 37.8 Å². The van der Waals surface area contributed by atoms with Crippen molar-refractivity contribution < 1.29 is 4.79 Å². The van der Waals surface area contributed by atoms with Crippen LogP contribution in [-0.4, -0.2) is 12.5 Å². The summed E-state index contributed by atoms with van der Waals surface area (Å²) < 4.78 is 0. The van der Waals surface area contributed by atoms with E-state index in [-0.39, 0.29) is 11.8 Å². The SMILES string of the molecule is Cc1ccc(NC(=O)C(CN)CC(C)C)c(C)c1. The predicted molar refractivity (Wildman–Crippen MR) is 76.5 cm³/mol. The van der Waals surface area contributed by atoms with Gasteiger partial charge in [-0.25, -0.2) is 0 Å². The summed E-state index contributed by atoms with van der Waals surface area (Å²) in [5.41, 5.74) is 8.84. The molecule has 0 aliphatic rings. The molecule has 1 rings (SSSR count). The highest BCUT2D eigenvalue weighted by Crippen LogP contribution is 2.18. The van der Waals surface area contributed by atoms with E-state index in [1.54, 1.807) is 0 Å². The van der Waals surface area contributed by atoms with Crippen LogP contribution in [0, 0.1) is 25.7 Å². The van der Waals surface area contributed by atoms with Gasteiger partial charge in [0, 0.05) is 12.2 Å². The summed E-state index contributed by atoms with van der Waals surface area (Å²) in [6.45, 7) is 8.65. The molecule has 1 aromatic carbocycles. The van der Waals surface area contributed by atoms with Crippen molar-refractivity contribution >= 4 is 11.6 Å². The minimum absolute atomic E-state index is 0.0261. The Kier molecular flexibility index (Phi) is 5.35. The molecule has 0 saturated carbocycles. The van der Waals surface area contributed by atoms with Gasteiger partial charge < -0.3 is 11.1 Å². The van der Waals surface area contributed by atoms with Gasteiger partial charge in [-0.3, -0.25) is 4.79 Å². The molecule has 0 radical (unpaired) electrons. The highest BCUT2D eigenvalue weighted by atomic mass is 16.1. The first kappa shape index (κ1) is 14.7. The molecule has 0 bridgehead atoms. The van der Waals surface area contributed by atoms with Gasteiger partial charge >= 0.3 is 0 Å². The first-order valence-corrected chi connectivity index (χ1v) is 6.52. The van der Waals surface area contributed by atoms with Gasteiger partial charge in [0.1, 0.15) is 0 Å². The number of rotatable bonds is 5. The molecule has 1 amide bonds. The van der Waals surface area contributed by atoms with Crippen molar-refractivity contribution in [3.05, 3.63) is 29.3 Å². The Balaban J connectivity index is 2.73. The molecule has 0 aliphatic heterocycles. The first-order chi connectivity index (χ1) is 8.43. The van der Waals surface area contributed by atoms with Crippen molar-refractivity contribution in [1.82, 2.24) is 0 Å². The maximum absolute atomic E-state index is 12.1. The van der Waals surface area contributed by atoms with Crippen molar-refractivity contribution in [3.8, 4) is 0 Å². The molecule has 3 heteroatoms. The minimum Gasteiger partial charge on any atom is -0.330 e. The molecule has 0 spiro atoms. The second-order valence-electron chi connectivity index (χ2n) is 5.37. The maximum Gasteiger partial charge on any atom is 0.228 e. The summed E-state index contributed by atoms with van der Waals surface area (Å²) in [4.78, 5) is 12.1. The smallest absolute Gasteiger partial charge is 0.228 e. The quantitative estimate of drug-likeness (QED) is 0.842. The number of benzene rings is 1. The number of carbonyl (C=O) groups is 1. The zero-order chi connectivity index (χ0) is 13.7. The Morgan fingerprint density at radius 3 is 2.50 bits per heavy atom. The third kappa shape index (κ3) is 4.15. The fourth-order valence-corrected chi connectivity index (χ4v) is 2.07. The van der Waals surface area contributed by atoms with E-state index < -0.39 is 0 Å². The van der Waals surface area contributed by atoms with Gasteiger partial charge in [-0.1, -0.05) is 31.5 Å². The summed E-state index contributed by atoms with van der Waals surface area (Å²) in [6, 6.07) is 6.02. The van der Waals surface area contributed by atoms with Crippen LogP contribution in [0.5, 0.6) is 0 Å². The summed E-state index contributed by atoms with van der Waals surface area (Å²) in [5, 5.41) is 2.97. The molecule has 3 nitrogen and oxygen atoms in total. The highest BCUT2D eigenvalue weighted by molar-refractivity contribution is 5.93. The van der Waals surface area contributed by atoms with E-state index in [0.29, 0.717) is 12.5 Å². The third-order valence-corrected chi connectivity index (χ3v) is 3.05. The number of anilines is 1. The van der Waals surface area contributed by atoms with E-state index in [9.17, 15) is 4.79 Å². The van der Waals surface area contributed by atoms with Crippen molar-refractivity contribution in [3.63, 3.8) is 0 Å². The molecule has 0 aliphatic carbocycles. The second kappa shape index (κ2) is 6.55. The number of nitrogens with one attached hydrogen (secondary N) is 1. The number of hydrogen-bond donors (Lipinski definition) is 2. The Bertz CT molecular complexity index is 413. The lowest BCUT2D eigenvalue weighted by atomic mass is 9.96. The van der Waals surface area contributed by atoms with Gasteiger partial charge in [0.05, 0.1) is 5.92 Å². The average Bonchev–Trinajstić information content (AvgIpc) is 2.29. The van der Waals surface area contributed by atoms with Gasteiger partial charge in [-0.15, -0.1) is 0 Å². The summed E-state index contributed by atoms with van der Waals surface area (Å²) in [6.07, 6.45) is 0.827. The van der Waals surface area contributed by atoms with E-state index in [4.69, 9.17) is 5.73 Å². The van der Waals surface area contributed by atoms with Crippen LogP contribution in [0.25, 0.3) is 0 Å². The maximum atomic E-state index is 12.1. The second-order valence-corrected chi connectivity index (χ2v) is 5.37. The zero-order valence-corrected chi connectivity index (χ0v) is 11.8.